The van der Waals surface area contributed by atoms with Crippen LogP contribution < -0.4 is 0 Å². The van der Waals surface area contributed by atoms with Crippen molar-refractivity contribution < 1.29 is 8.42 Å². The third-order valence-electron chi connectivity index (χ3n) is 2.90. The van der Waals surface area contributed by atoms with Crippen LogP contribution in [0.2, 0.25) is 10.0 Å². The zero-order chi connectivity index (χ0) is 14.0. The molecule has 0 radical (unpaired) electrons. The summed E-state index contributed by atoms with van der Waals surface area (Å²) in [6, 6.07) is 6.23. The van der Waals surface area contributed by atoms with Gasteiger partial charge in [-0.25, -0.2) is 8.42 Å². The van der Waals surface area contributed by atoms with Crippen LogP contribution in [0.3, 0.4) is 0 Å². The van der Waals surface area contributed by atoms with Gasteiger partial charge in [-0.15, -0.1) is 0 Å². The van der Waals surface area contributed by atoms with Crippen LogP contribution in [0.15, 0.2) is 23.1 Å². The molecule has 0 saturated heterocycles. The van der Waals surface area contributed by atoms with Crippen LogP contribution in [0, 0.1) is 11.3 Å². The number of nitrogens with zero attached hydrogens (tertiary/aromatic N) is 2. The smallest absolute Gasteiger partial charge is 0.207 e. The van der Waals surface area contributed by atoms with Crippen LogP contribution in [-0.4, -0.2) is 25.3 Å². The zero-order valence-electron chi connectivity index (χ0n) is 10.0. The van der Waals surface area contributed by atoms with E-state index in [1.54, 1.807) is 0 Å². The Labute approximate surface area is 122 Å². The Morgan fingerprint density at radius 3 is 2.53 bits per heavy atom. The Balaban J connectivity index is 2.33. The number of sulfonamides is 1. The van der Waals surface area contributed by atoms with E-state index >= 15 is 0 Å². The van der Waals surface area contributed by atoms with Crippen molar-refractivity contribution in [2.24, 2.45) is 0 Å². The summed E-state index contributed by atoms with van der Waals surface area (Å²) in [7, 11) is -3.61. The number of rotatable bonds is 5. The molecule has 1 saturated carbocycles. The second kappa shape index (κ2) is 5.68. The molecule has 1 fully saturated rings. The van der Waals surface area contributed by atoms with E-state index in [4.69, 9.17) is 28.5 Å². The SMILES string of the molecule is N#CCCN(C1CC1)S(=O)(=O)c1ccc(Cl)c(Cl)c1. The van der Waals surface area contributed by atoms with Crippen LogP contribution in [0.25, 0.3) is 0 Å². The second-order valence-electron chi connectivity index (χ2n) is 4.33. The molecule has 0 aromatic heterocycles. The van der Waals surface area contributed by atoms with Crippen molar-refractivity contribution in [3.8, 4) is 6.07 Å². The number of hydrogen-bond donors (Lipinski definition) is 0. The number of hydrogen-bond acceptors (Lipinski definition) is 3. The van der Waals surface area contributed by atoms with Gasteiger partial charge in [-0.2, -0.15) is 9.57 Å². The fourth-order valence-corrected chi connectivity index (χ4v) is 3.87. The van der Waals surface area contributed by atoms with Crippen LogP contribution in [0.1, 0.15) is 19.3 Å². The topological polar surface area (TPSA) is 61.2 Å². The quantitative estimate of drug-likeness (QED) is 0.838. The third kappa shape index (κ3) is 3.21. The number of benzene rings is 1. The first-order valence-corrected chi connectivity index (χ1v) is 8.00. The zero-order valence-corrected chi connectivity index (χ0v) is 12.3. The van der Waals surface area contributed by atoms with Crippen LogP contribution in [-0.2, 0) is 10.0 Å². The third-order valence-corrected chi connectivity index (χ3v) is 5.58. The molecule has 0 N–H and O–H groups in total. The van der Waals surface area contributed by atoms with Gasteiger partial charge in [0.1, 0.15) is 0 Å². The molecule has 1 aliphatic rings. The Kier molecular flexibility index (Phi) is 4.36. The lowest BCUT2D eigenvalue weighted by Crippen LogP contribution is -2.33. The molecule has 0 unspecified atom stereocenters. The summed E-state index contributed by atoms with van der Waals surface area (Å²) in [6.07, 6.45) is 1.86. The summed E-state index contributed by atoms with van der Waals surface area (Å²) in [6.45, 7) is 0.212. The highest BCUT2D eigenvalue weighted by molar-refractivity contribution is 7.89. The summed E-state index contributed by atoms with van der Waals surface area (Å²) < 4.78 is 26.4. The highest BCUT2D eigenvalue weighted by Gasteiger charge is 2.37. The molecule has 0 bridgehead atoms. The Bertz CT molecular complexity index is 621. The van der Waals surface area contributed by atoms with Gasteiger partial charge in [-0.3, -0.25) is 0 Å². The van der Waals surface area contributed by atoms with Crippen molar-refractivity contribution in [1.82, 2.24) is 4.31 Å². The first kappa shape index (κ1) is 14.6. The maximum atomic E-state index is 12.5. The lowest BCUT2D eigenvalue weighted by Gasteiger charge is -2.20. The van der Waals surface area contributed by atoms with Crippen molar-refractivity contribution in [3.05, 3.63) is 28.2 Å². The molecule has 7 heteroatoms. The van der Waals surface area contributed by atoms with Crippen molar-refractivity contribution in [2.75, 3.05) is 6.54 Å². The van der Waals surface area contributed by atoms with E-state index in [1.807, 2.05) is 6.07 Å². The minimum atomic E-state index is -3.61. The van der Waals surface area contributed by atoms with E-state index < -0.39 is 10.0 Å². The largest absolute Gasteiger partial charge is 0.243 e. The molecular weight excluding hydrogens is 307 g/mol. The van der Waals surface area contributed by atoms with Gasteiger partial charge < -0.3 is 0 Å². The molecule has 1 aromatic carbocycles. The van der Waals surface area contributed by atoms with Gasteiger partial charge in [0.25, 0.3) is 0 Å². The number of halogens is 2. The van der Waals surface area contributed by atoms with Crippen LogP contribution >= 0.6 is 23.2 Å². The maximum absolute atomic E-state index is 12.5. The minimum Gasteiger partial charge on any atom is -0.207 e. The molecule has 1 aromatic rings. The summed E-state index contributed by atoms with van der Waals surface area (Å²) in [5.74, 6) is 0. The van der Waals surface area contributed by atoms with Crippen LogP contribution in [0.4, 0.5) is 0 Å². The first-order chi connectivity index (χ1) is 8.96. The van der Waals surface area contributed by atoms with Gasteiger partial charge in [0.05, 0.1) is 21.0 Å². The molecule has 0 aliphatic heterocycles. The highest BCUT2D eigenvalue weighted by atomic mass is 35.5. The second-order valence-corrected chi connectivity index (χ2v) is 7.04. The molecule has 102 valence electrons. The summed E-state index contributed by atoms with van der Waals surface area (Å²) in [5.41, 5.74) is 0. The van der Waals surface area contributed by atoms with Gasteiger partial charge in [-0.1, -0.05) is 23.2 Å². The van der Waals surface area contributed by atoms with Crippen molar-refractivity contribution in [2.45, 2.75) is 30.2 Å². The van der Waals surface area contributed by atoms with Crippen molar-refractivity contribution >= 4 is 33.2 Å². The monoisotopic (exact) mass is 318 g/mol. The molecule has 0 amide bonds. The molecule has 4 nitrogen and oxygen atoms in total. The van der Waals surface area contributed by atoms with Gasteiger partial charge in [0.2, 0.25) is 10.0 Å². The Morgan fingerprint density at radius 2 is 2.00 bits per heavy atom. The van der Waals surface area contributed by atoms with Gasteiger partial charge >= 0.3 is 0 Å². The summed E-state index contributed by atoms with van der Waals surface area (Å²) in [4.78, 5) is 0.117. The fraction of sp³-hybridized carbons (Fsp3) is 0.417. The Morgan fingerprint density at radius 1 is 1.32 bits per heavy atom. The molecule has 0 heterocycles. The van der Waals surface area contributed by atoms with E-state index in [0.29, 0.717) is 5.02 Å². The normalized spacial score (nSPS) is 15.5. The lowest BCUT2D eigenvalue weighted by molar-refractivity contribution is 0.411. The van der Waals surface area contributed by atoms with Gasteiger partial charge in [0, 0.05) is 19.0 Å². The first-order valence-electron chi connectivity index (χ1n) is 5.80. The maximum Gasteiger partial charge on any atom is 0.243 e. The average Bonchev–Trinajstić information content (AvgIpc) is 3.17. The summed E-state index contributed by atoms with van der Waals surface area (Å²) >= 11 is 11.6. The lowest BCUT2D eigenvalue weighted by atomic mass is 10.4. The van der Waals surface area contributed by atoms with Crippen LogP contribution in [0.5, 0.6) is 0 Å². The van der Waals surface area contributed by atoms with E-state index in [0.717, 1.165) is 12.8 Å². The molecule has 2 rings (SSSR count). The Hall–Kier alpha value is -0.800. The van der Waals surface area contributed by atoms with E-state index in [-0.39, 0.29) is 28.9 Å². The van der Waals surface area contributed by atoms with E-state index in [2.05, 4.69) is 0 Å². The molecule has 1 aliphatic carbocycles. The molecular formula is C12H12Cl2N2O2S. The fourth-order valence-electron chi connectivity index (χ4n) is 1.79. The van der Waals surface area contributed by atoms with Gasteiger partial charge in [0.15, 0.2) is 0 Å². The predicted molar refractivity (Wildman–Crippen MR) is 73.6 cm³/mol. The highest BCUT2D eigenvalue weighted by Crippen LogP contribution is 2.33. The molecule has 0 atom stereocenters. The van der Waals surface area contributed by atoms with E-state index in [1.165, 1.54) is 22.5 Å². The minimum absolute atomic E-state index is 0.00723. The van der Waals surface area contributed by atoms with E-state index in [9.17, 15) is 8.42 Å². The average molecular weight is 319 g/mol. The molecule has 0 spiro atoms. The standard InChI is InChI=1S/C12H12Cl2N2O2S/c13-11-5-4-10(8-12(11)14)19(17,18)16(7-1-6-15)9-2-3-9/h4-5,8-9H,1-3,7H2. The van der Waals surface area contributed by atoms with Gasteiger partial charge in [-0.05, 0) is 31.0 Å². The predicted octanol–water partition coefficient (Wildman–Crippen LogP) is 3.06. The molecule has 19 heavy (non-hydrogen) atoms. The number of nitriles is 1. The van der Waals surface area contributed by atoms with Crippen molar-refractivity contribution in [3.63, 3.8) is 0 Å². The summed E-state index contributed by atoms with van der Waals surface area (Å²) in [5, 5.41) is 9.15. The van der Waals surface area contributed by atoms with Crippen molar-refractivity contribution in [1.29, 1.82) is 5.26 Å².